The highest BCUT2D eigenvalue weighted by Crippen LogP contribution is 2.47. The highest BCUT2D eigenvalue weighted by atomic mass is 14.4. The van der Waals surface area contributed by atoms with Gasteiger partial charge in [0.15, 0.2) is 0 Å². The van der Waals surface area contributed by atoms with Gasteiger partial charge in [-0.15, -0.1) is 0 Å². The van der Waals surface area contributed by atoms with Gasteiger partial charge < -0.3 is 0 Å². The molecule has 0 aromatic rings. The van der Waals surface area contributed by atoms with Crippen LogP contribution < -0.4 is 0 Å². The fourth-order valence-electron chi connectivity index (χ4n) is 3.60. The summed E-state index contributed by atoms with van der Waals surface area (Å²) >= 11 is 0. The molecule has 0 spiro atoms. The molecular formula is C15H26. The van der Waals surface area contributed by atoms with Crippen LogP contribution >= 0.6 is 0 Å². The SMILES string of the molecule is C=C(C1CCCCC1)C1(C)CCCCC1. The maximum absolute atomic E-state index is 4.47. The van der Waals surface area contributed by atoms with Gasteiger partial charge in [-0.05, 0) is 37.0 Å². The summed E-state index contributed by atoms with van der Waals surface area (Å²) in [5, 5.41) is 0. The summed E-state index contributed by atoms with van der Waals surface area (Å²) in [6.45, 7) is 6.95. The first-order chi connectivity index (χ1) is 7.22. The van der Waals surface area contributed by atoms with Crippen LogP contribution in [-0.4, -0.2) is 0 Å². The zero-order chi connectivity index (χ0) is 10.7. The summed E-state index contributed by atoms with van der Waals surface area (Å²) in [4.78, 5) is 0. The molecule has 0 heteroatoms. The molecule has 0 radical (unpaired) electrons. The maximum atomic E-state index is 4.47. The lowest BCUT2D eigenvalue weighted by Crippen LogP contribution is -2.27. The van der Waals surface area contributed by atoms with E-state index in [-0.39, 0.29) is 0 Å². The molecule has 2 fully saturated rings. The highest BCUT2D eigenvalue weighted by Gasteiger charge is 2.33. The third-order valence-electron chi connectivity index (χ3n) is 4.83. The van der Waals surface area contributed by atoms with Crippen LogP contribution in [0, 0.1) is 11.3 Å². The lowest BCUT2D eigenvalue weighted by atomic mass is 9.65. The third kappa shape index (κ3) is 2.46. The maximum Gasteiger partial charge on any atom is -0.0116 e. The molecule has 0 N–H and O–H groups in total. The number of allylic oxidation sites excluding steroid dienone is 1. The van der Waals surface area contributed by atoms with Gasteiger partial charge in [0.25, 0.3) is 0 Å². The Morgan fingerprint density at radius 3 is 2.07 bits per heavy atom. The summed E-state index contributed by atoms with van der Waals surface area (Å²) in [5.41, 5.74) is 2.11. The van der Waals surface area contributed by atoms with E-state index in [0.29, 0.717) is 5.41 Å². The van der Waals surface area contributed by atoms with E-state index in [1.807, 2.05) is 0 Å². The highest BCUT2D eigenvalue weighted by molar-refractivity contribution is 5.14. The van der Waals surface area contributed by atoms with Gasteiger partial charge in [0, 0.05) is 0 Å². The Labute approximate surface area is 95.1 Å². The van der Waals surface area contributed by atoms with Crippen LogP contribution in [0.2, 0.25) is 0 Å². The van der Waals surface area contributed by atoms with Gasteiger partial charge in [0.05, 0.1) is 0 Å². The average Bonchev–Trinajstić information content (AvgIpc) is 2.30. The van der Waals surface area contributed by atoms with Crippen molar-refractivity contribution in [1.29, 1.82) is 0 Å². The molecule has 0 amide bonds. The summed E-state index contributed by atoms with van der Waals surface area (Å²) in [7, 11) is 0. The monoisotopic (exact) mass is 206 g/mol. The first kappa shape index (κ1) is 11.2. The standard InChI is InChI=1S/C15H26/c1-13(14-9-5-3-6-10-14)15(2)11-7-4-8-12-15/h14H,1,3-12H2,2H3. The van der Waals surface area contributed by atoms with Gasteiger partial charge >= 0.3 is 0 Å². The van der Waals surface area contributed by atoms with Crippen molar-refractivity contribution >= 4 is 0 Å². The van der Waals surface area contributed by atoms with E-state index < -0.39 is 0 Å². The van der Waals surface area contributed by atoms with Crippen LogP contribution in [0.1, 0.15) is 71.1 Å². The van der Waals surface area contributed by atoms with Crippen LogP contribution in [0.4, 0.5) is 0 Å². The molecule has 2 saturated carbocycles. The Kier molecular flexibility index (Phi) is 3.53. The predicted molar refractivity (Wildman–Crippen MR) is 66.9 cm³/mol. The van der Waals surface area contributed by atoms with Crippen molar-refractivity contribution in [1.82, 2.24) is 0 Å². The number of rotatable bonds is 2. The minimum atomic E-state index is 0.500. The van der Waals surface area contributed by atoms with Crippen molar-refractivity contribution in [2.45, 2.75) is 71.1 Å². The van der Waals surface area contributed by atoms with Crippen LogP contribution in [0.15, 0.2) is 12.2 Å². The van der Waals surface area contributed by atoms with Gasteiger partial charge in [-0.2, -0.15) is 0 Å². The fourth-order valence-corrected chi connectivity index (χ4v) is 3.60. The van der Waals surface area contributed by atoms with Crippen molar-refractivity contribution in [2.75, 3.05) is 0 Å². The quantitative estimate of drug-likeness (QED) is 0.552. The van der Waals surface area contributed by atoms with Crippen LogP contribution in [0.5, 0.6) is 0 Å². The van der Waals surface area contributed by atoms with Gasteiger partial charge in [-0.3, -0.25) is 0 Å². The first-order valence-corrected chi connectivity index (χ1v) is 6.92. The predicted octanol–water partition coefficient (Wildman–Crippen LogP) is 5.09. The van der Waals surface area contributed by atoms with E-state index in [9.17, 15) is 0 Å². The Balaban J connectivity index is 1.98. The second-order valence-corrected chi connectivity index (χ2v) is 5.98. The summed E-state index contributed by atoms with van der Waals surface area (Å²) in [6, 6.07) is 0. The van der Waals surface area contributed by atoms with E-state index in [1.54, 1.807) is 5.57 Å². The number of hydrogen-bond donors (Lipinski definition) is 0. The zero-order valence-electron chi connectivity index (χ0n) is 10.4. The molecule has 0 bridgehead atoms. The number of hydrogen-bond acceptors (Lipinski definition) is 0. The van der Waals surface area contributed by atoms with Gasteiger partial charge in [-0.25, -0.2) is 0 Å². The summed E-state index contributed by atoms with van der Waals surface area (Å²) in [6.07, 6.45) is 14.3. The van der Waals surface area contributed by atoms with Gasteiger partial charge in [0.2, 0.25) is 0 Å². The van der Waals surface area contributed by atoms with E-state index in [4.69, 9.17) is 0 Å². The third-order valence-corrected chi connectivity index (χ3v) is 4.83. The van der Waals surface area contributed by atoms with Crippen molar-refractivity contribution in [3.63, 3.8) is 0 Å². The fraction of sp³-hybridized carbons (Fsp3) is 0.867. The molecule has 2 aliphatic carbocycles. The van der Waals surface area contributed by atoms with Crippen LogP contribution in [0.25, 0.3) is 0 Å². The summed E-state index contributed by atoms with van der Waals surface area (Å²) < 4.78 is 0. The molecule has 15 heavy (non-hydrogen) atoms. The molecule has 0 saturated heterocycles. The van der Waals surface area contributed by atoms with Crippen molar-refractivity contribution in [3.05, 3.63) is 12.2 Å². The minimum absolute atomic E-state index is 0.500. The minimum Gasteiger partial charge on any atom is -0.0990 e. The summed E-state index contributed by atoms with van der Waals surface area (Å²) in [5.74, 6) is 0.863. The molecule has 2 aliphatic rings. The molecule has 0 unspecified atom stereocenters. The lowest BCUT2D eigenvalue weighted by Gasteiger charge is -2.40. The average molecular weight is 206 g/mol. The molecule has 0 heterocycles. The van der Waals surface area contributed by atoms with Crippen molar-refractivity contribution in [3.8, 4) is 0 Å². The first-order valence-electron chi connectivity index (χ1n) is 6.92. The zero-order valence-corrected chi connectivity index (χ0v) is 10.4. The normalized spacial score (nSPS) is 27.5. The molecule has 0 nitrogen and oxygen atoms in total. The van der Waals surface area contributed by atoms with Crippen LogP contribution in [0.3, 0.4) is 0 Å². The van der Waals surface area contributed by atoms with Crippen molar-refractivity contribution < 1.29 is 0 Å². The van der Waals surface area contributed by atoms with E-state index in [2.05, 4.69) is 13.5 Å². The Morgan fingerprint density at radius 1 is 0.933 bits per heavy atom. The van der Waals surface area contributed by atoms with E-state index in [0.717, 1.165) is 5.92 Å². The van der Waals surface area contributed by atoms with E-state index in [1.165, 1.54) is 64.2 Å². The smallest absolute Gasteiger partial charge is 0.0116 e. The van der Waals surface area contributed by atoms with Crippen molar-refractivity contribution in [2.24, 2.45) is 11.3 Å². The Hall–Kier alpha value is -0.260. The lowest BCUT2D eigenvalue weighted by molar-refractivity contribution is 0.228. The largest absolute Gasteiger partial charge is 0.0990 e. The molecule has 2 rings (SSSR count). The van der Waals surface area contributed by atoms with E-state index >= 15 is 0 Å². The molecule has 0 aromatic carbocycles. The molecule has 0 aromatic heterocycles. The van der Waals surface area contributed by atoms with Gasteiger partial charge in [0.1, 0.15) is 0 Å². The second-order valence-electron chi connectivity index (χ2n) is 5.98. The Bertz CT molecular complexity index is 214. The van der Waals surface area contributed by atoms with Gasteiger partial charge in [-0.1, -0.05) is 57.6 Å². The second kappa shape index (κ2) is 4.72. The molecular weight excluding hydrogens is 180 g/mol. The molecule has 0 atom stereocenters. The topological polar surface area (TPSA) is 0 Å². The van der Waals surface area contributed by atoms with Crippen LogP contribution in [-0.2, 0) is 0 Å². The Morgan fingerprint density at radius 2 is 1.47 bits per heavy atom. The molecule has 86 valence electrons. The molecule has 0 aliphatic heterocycles.